The van der Waals surface area contributed by atoms with Gasteiger partial charge >= 0.3 is 0 Å². The first-order valence-corrected chi connectivity index (χ1v) is 4.96. The smallest absolute Gasteiger partial charge is 0.0449 e. The number of aliphatic hydroxyl groups excluding tert-OH is 1. The van der Waals surface area contributed by atoms with Crippen LogP contribution in [0.5, 0.6) is 0 Å². The Morgan fingerprint density at radius 3 is 2.75 bits per heavy atom. The summed E-state index contributed by atoms with van der Waals surface area (Å²) in [4.78, 5) is 0. The molecule has 12 heavy (non-hydrogen) atoms. The summed E-state index contributed by atoms with van der Waals surface area (Å²) in [5, 5.41) is 8.62. The minimum absolute atomic E-state index is 0.251. The van der Waals surface area contributed by atoms with Crippen molar-refractivity contribution in [1.82, 2.24) is 0 Å². The lowest BCUT2D eigenvalue weighted by molar-refractivity contribution is 0.288. The summed E-state index contributed by atoms with van der Waals surface area (Å²) >= 11 is 2.21. The molecule has 0 amide bonds. The van der Waals surface area contributed by atoms with Crippen LogP contribution in [0.4, 0.5) is 5.69 Å². The minimum atomic E-state index is 0.251. The topological polar surface area (TPSA) is 46.2 Å². The molecule has 0 bridgehead atoms. The Labute approximate surface area is 85.9 Å². The fourth-order valence-electron chi connectivity index (χ4n) is 1.01. The molecule has 0 fully saturated rings. The first kappa shape index (κ1) is 9.80. The Balaban J connectivity index is 2.69. The normalized spacial score (nSPS) is 10.2. The largest absolute Gasteiger partial charge is 0.398 e. The molecule has 3 heteroatoms. The van der Waals surface area contributed by atoms with Gasteiger partial charge in [0.25, 0.3) is 0 Å². The van der Waals surface area contributed by atoms with Gasteiger partial charge in [0.15, 0.2) is 0 Å². The molecular formula is C9H12INO. The average Bonchev–Trinajstić information content (AvgIpc) is 2.07. The van der Waals surface area contributed by atoms with Crippen LogP contribution in [0.3, 0.4) is 0 Å². The lowest BCUT2D eigenvalue weighted by Crippen LogP contribution is -1.93. The van der Waals surface area contributed by atoms with Crippen molar-refractivity contribution in [3.8, 4) is 0 Å². The van der Waals surface area contributed by atoms with Crippen molar-refractivity contribution in [3.63, 3.8) is 0 Å². The summed E-state index contributed by atoms with van der Waals surface area (Å²) in [7, 11) is 0. The van der Waals surface area contributed by atoms with E-state index in [1.165, 1.54) is 5.56 Å². The minimum Gasteiger partial charge on any atom is -0.398 e. The number of anilines is 1. The maximum atomic E-state index is 8.62. The van der Waals surface area contributed by atoms with Crippen LogP contribution in [0.15, 0.2) is 18.2 Å². The van der Waals surface area contributed by atoms with E-state index in [1.54, 1.807) is 0 Å². The van der Waals surface area contributed by atoms with Gasteiger partial charge in [-0.15, -0.1) is 0 Å². The quantitative estimate of drug-likeness (QED) is 0.653. The number of nitrogens with two attached hydrogens (primary N) is 1. The molecule has 0 radical (unpaired) electrons. The summed E-state index contributed by atoms with van der Waals surface area (Å²) in [5.74, 6) is 0. The first-order valence-electron chi connectivity index (χ1n) is 3.89. The highest BCUT2D eigenvalue weighted by atomic mass is 127. The second kappa shape index (κ2) is 4.67. The highest BCUT2D eigenvalue weighted by Gasteiger charge is 1.97. The van der Waals surface area contributed by atoms with E-state index in [4.69, 9.17) is 10.8 Å². The summed E-state index contributed by atoms with van der Waals surface area (Å²) in [6.45, 7) is 0.251. The predicted molar refractivity (Wildman–Crippen MR) is 59.0 cm³/mol. The predicted octanol–water partition coefficient (Wildman–Crippen LogP) is 1.80. The van der Waals surface area contributed by atoms with Gasteiger partial charge in [-0.05, 0) is 53.1 Å². The van der Waals surface area contributed by atoms with E-state index in [0.717, 1.165) is 22.1 Å². The van der Waals surface area contributed by atoms with Gasteiger partial charge in [0, 0.05) is 15.9 Å². The van der Waals surface area contributed by atoms with Gasteiger partial charge in [0.1, 0.15) is 0 Å². The molecule has 0 aliphatic carbocycles. The maximum absolute atomic E-state index is 8.62. The van der Waals surface area contributed by atoms with Crippen LogP contribution in [-0.4, -0.2) is 11.7 Å². The average molecular weight is 277 g/mol. The number of hydrogen-bond acceptors (Lipinski definition) is 2. The molecule has 66 valence electrons. The van der Waals surface area contributed by atoms with Gasteiger partial charge in [-0.1, -0.05) is 6.07 Å². The Bertz CT molecular complexity index is 263. The fourth-order valence-corrected chi connectivity index (χ4v) is 1.59. The third-order valence-electron chi connectivity index (χ3n) is 1.69. The fraction of sp³-hybridized carbons (Fsp3) is 0.333. The Morgan fingerprint density at radius 1 is 1.42 bits per heavy atom. The molecule has 0 aliphatic rings. The van der Waals surface area contributed by atoms with Crippen LogP contribution in [-0.2, 0) is 6.42 Å². The van der Waals surface area contributed by atoms with Crippen LogP contribution in [0.25, 0.3) is 0 Å². The molecule has 0 heterocycles. The van der Waals surface area contributed by atoms with Crippen molar-refractivity contribution < 1.29 is 5.11 Å². The summed E-state index contributed by atoms with van der Waals surface area (Å²) < 4.78 is 1.09. The van der Waals surface area contributed by atoms with Crippen LogP contribution < -0.4 is 5.73 Å². The van der Waals surface area contributed by atoms with Crippen molar-refractivity contribution in [2.24, 2.45) is 0 Å². The van der Waals surface area contributed by atoms with Crippen LogP contribution >= 0.6 is 22.6 Å². The van der Waals surface area contributed by atoms with Gasteiger partial charge in [-0.2, -0.15) is 0 Å². The highest BCUT2D eigenvalue weighted by Crippen LogP contribution is 2.16. The maximum Gasteiger partial charge on any atom is 0.0449 e. The van der Waals surface area contributed by atoms with Crippen molar-refractivity contribution in [2.75, 3.05) is 12.3 Å². The number of nitrogen functional groups attached to an aromatic ring is 1. The molecule has 0 saturated heterocycles. The molecule has 0 aromatic heterocycles. The van der Waals surface area contributed by atoms with Gasteiger partial charge in [-0.25, -0.2) is 0 Å². The second-order valence-electron chi connectivity index (χ2n) is 2.68. The SMILES string of the molecule is Nc1ccc(CCCO)cc1I. The van der Waals surface area contributed by atoms with Gasteiger partial charge in [-0.3, -0.25) is 0 Å². The van der Waals surface area contributed by atoms with Gasteiger partial charge in [0.2, 0.25) is 0 Å². The van der Waals surface area contributed by atoms with Crippen molar-refractivity contribution >= 4 is 28.3 Å². The van der Waals surface area contributed by atoms with E-state index in [1.807, 2.05) is 12.1 Å². The summed E-state index contributed by atoms with van der Waals surface area (Å²) in [6, 6.07) is 5.98. The molecule has 0 spiro atoms. The monoisotopic (exact) mass is 277 g/mol. The van der Waals surface area contributed by atoms with Crippen molar-refractivity contribution in [2.45, 2.75) is 12.8 Å². The zero-order valence-electron chi connectivity index (χ0n) is 6.76. The van der Waals surface area contributed by atoms with Crippen molar-refractivity contribution in [3.05, 3.63) is 27.3 Å². The zero-order valence-corrected chi connectivity index (χ0v) is 8.91. The molecule has 0 atom stereocenters. The standard InChI is InChI=1S/C9H12INO/c10-8-6-7(2-1-5-12)3-4-9(8)11/h3-4,6,12H,1-2,5,11H2. The zero-order chi connectivity index (χ0) is 8.97. The molecular weight excluding hydrogens is 265 g/mol. The van der Waals surface area contributed by atoms with Crippen LogP contribution in [0.1, 0.15) is 12.0 Å². The number of rotatable bonds is 3. The number of benzene rings is 1. The third-order valence-corrected chi connectivity index (χ3v) is 2.62. The van der Waals surface area contributed by atoms with E-state index in [-0.39, 0.29) is 6.61 Å². The number of aryl methyl sites for hydroxylation is 1. The lowest BCUT2D eigenvalue weighted by atomic mass is 10.1. The Morgan fingerprint density at radius 2 is 2.17 bits per heavy atom. The number of aliphatic hydroxyl groups is 1. The molecule has 3 N–H and O–H groups in total. The molecule has 2 nitrogen and oxygen atoms in total. The highest BCUT2D eigenvalue weighted by molar-refractivity contribution is 14.1. The van der Waals surface area contributed by atoms with E-state index in [0.29, 0.717) is 0 Å². The number of hydrogen-bond donors (Lipinski definition) is 2. The summed E-state index contributed by atoms with van der Waals surface area (Å²) in [5.41, 5.74) is 7.72. The van der Waals surface area contributed by atoms with E-state index in [2.05, 4.69) is 28.7 Å². The van der Waals surface area contributed by atoms with E-state index in [9.17, 15) is 0 Å². The molecule has 1 rings (SSSR count). The second-order valence-corrected chi connectivity index (χ2v) is 3.85. The molecule has 1 aromatic carbocycles. The van der Waals surface area contributed by atoms with Gasteiger partial charge in [0.05, 0.1) is 0 Å². The van der Waals surface area contributed by atoms with Crippen LogP contribution in [0, 0.1) is 3.57 Å². The molecule has 0 saturated carbocycles. The van der Waals surface area contributed by atoms with Crippen molar-refractivity contribution in [1.29, 1.82) is 0 Å². The lowest BCUT2D eigenvalue weighted by Gasteiger charge is -2.02. The summed E-state index contributed by atoms with van der Waals surface area (Å²) in [6.07, 6.45) is 1.74. The molecule has 0 aliphatic heterocycles. The molecule has 0 unspecified atom stereocenters. The Kier molecular flexibility index (Phi) is 3.81. The molecule has 1 aromatic rings. The Hall–Kier alpha value is -0.290. The third kappa shape index (κ3) is 2.64. The first-order chi connectivity index (χ1) is 5.74. The number of halogens is 1. The van der Waals surface area contributed by atoms with E-state index < -0.39 is 0 Å². The van der Waals surface area contributed by atoms with Gasteiger partial charge < -0.3 is 10.8 Å². The van der Waals surface area contributed by atoms with E-state index >= 15 is 0 Å². The van der Waals surface area contributed by atoms with Crippen LogP contribution in [0.2, 0.25) is 0 Å².